The highest BCUT2D eigenvalue weighted by Crippen LogP contribution is 2.36. The molecule has 14 heteroatoms. The van der Waals surface area contributed by atoms with E-state index in [2.05, 4.69) is 62.8 Å². The van der Waals surface area contributed by atoms with Gasteiger partial charge in [-0.3, -0.25) is 9.59 Å². The first-order valence-electron chi connectivity index (χ1n) is 20.6. The Kier molecular flexibility index (Phi) is 13.5. The SMILES string of the molecule is CC#Cc1cc(-c2cnc(C(C)N(CCC)C(=O)C(NC(=O)OC)C(C)C)[nH]2)ccc1-c1ccc2c(ccc3[nH]c(C4CCCN4C(=O)C(NC(=O)OC)C(C)C)nc32)c1. The Balaban J connectivity index is 1.26. The number of nitrogens with zero attached hydrogens (tertiary/aromatic N) is 4. The number of imidazole rings is 2. The molecule has 14 nitrogen and oxygen atoms in total. The number of nitrogens with one attached hydrogen (secondary N) is 4. The third-order valence-corrected chi connectivity index (χ3v) is 11.2. The predicted molar refractivity (Wildman–Crippen MR) is 232 cm³/mol. The Hall–Kier alpha value is -6.36. The number of ether oxygens (including phenoxy) is 2. The Labute approximate surface area is 351 Å². The molecule has 4 atom stereocenters. The lowest BCUT2D eigenvalue weighted by molar-refractivity contribution is -0.137. The largest absolute Gasteiger partial charge is 0.453 e. The number of hydrogen-bond acceptors (Lipinski definition) is 8. The van der Waals surface area contributed by atoms with Crippen molar-refractivity contribution >= 4 is 45.8 Å². The van der Waals surface area contributed by atoms with Crippen LogP contribution in [0.25, 0.3) is 44.2 Å². The summed E-state index contributed by atoms with van der Waals surface area (Å²) < 4.78 is 9.58. The van der Waals surface area contributed by atoms with Gasteiger partial charge in [0, 0.05) is 29.6 Å². The molecule has 6 rings (SSSR count). The Morgan fingerprint density at radius 1 is 0.917 bits per heavy atom. The molecule has 1 fully saturated rings. The van der Waals surface area contributed by atoms with E-state index >= 15 is 0 Å². The number of aromatic amines is 2. The third kappa shape index (κ3) is 8.95. The monoisotopic (exact) mass is 816 g/mol. The number of carbonyl (C=O) groups excluding carboxylic acids is 4. The molecule has 60 heavy (non-hydrogen) atoms. The standard InChI is InChI=1S/C46H56N8O6/c1-10-13-29-24-32(36-25-47-41(49-36)28(7)53(21-11-2)43(55)38(26(3)4)51-45(57)59-8)16-18-33(29)30-15-19-34-31(23-30)17-20-35-40(34)50-42(48-35)37-14-12-22-54(37)44(56)39(27(5)6)52-46(58)60-9/h15-20,23-28,37-39H,11-12,14,21-22H2,1-9H3,(H,47,49)(H,48,50)(H,51,57)(H,52,58). The normalized spacial score (nSPS) is 15.4. The maximum Gasteiger partial charge on any atom is 0.407 e. The zero-order chi connectivity index (χ0) is 43.2. The van der Waals surface area contributed by atoms with Gasteiger partial charge in [-0.1, -0.05) is 70.9 Å². The van der Waals surface area contributed by atoms with Gasteiger partial charge in [-0.15, -0.1) is 5.92 Å². The second-order valence-corrected chi connectivity index (χ2v) is 15.9. The van der Waals surface area contributed by atoms with E-state index in [0.29, 0.717) is 18.9 Å². The van der Waals surface area contributed by atoms with Crippen LogP contribution in [0.5, 0.6) is 0 Å². The molecule has 1 aliphatic rings. The molecule has 4 unspecified atom stereocenters. The first-order chi connectivity index (χ1) is 28.8. The van der Waals surface area contributed by atoms with E-state index in [-0.39, 0.29) is 35.7 Å². The number of aromatic nitrogens is 4. The molecule has 0 spiro atoms. The zero-order valence-electron chi connectivity index (χ0n) is 35.9. The summed E-state index contributed by atoms with van der Waals surface area (Å²) in [6.45, 7) is 14.4. The van der Waals surface area contributed by atoms with Crippen LogP contribution in [0.2, 0.25) is 0 Å². The molecule has 2 aromatic heterocycles. The first kappa shape index (κ1) is 43.2. The fourth-order valence-electron chi connectivity index (χ4n) is 8.00. The van der Waals surface area contributed by atoms with E-state index in [1.165, 1.54) is 14.2 Å². The van der Waals surface area contributed by atoms with Gasteiger partial charge >= 0.3 is 12.2 Å². The Morgan fingerprint density at radius 2 is 1.62 bits per heavy atom. The highest BCUT2D eigenvalue weighted by Gasteiger charge is 2.38. The molecular weight excluding hydrogens is 761 g/mol. The van der Waals surface area contributed by atoms with Crippen LogP contribution in [0, 0.1) is 23.7 Å². The van der Waals surface area contributed by atoms with Gasteiger partial charge in [0.05, 0.1) is 49.2 Å². The maximum atomic E-state index is 13.8. The molecule has 4 amide bonds. The van der Waals surface area contributed by atoms with Crippen molar-refractivity contribution in [2.24, 2.45) is 11.8 Å². The van der Waals surface area contributed by atoms with Crippen LogP contribution >= 0.6 is 0 Å². The van der Waals surface area contributed by atoms with E-state index in [1.54, 1.807) is 11.1 Å². The van der Waals surface area contributed by atoms with Gasteiger partial charge in [-0.2, -0.15) is 0 Å². The van der Waals surface area contributed by atoms with E-state index in [1.807, 2.05) is 71.6 Å². The quantitative estimate of drug-likeness (QED) is 0.0869. The first-order valence-corrected chi connectivity index (χ1v) is 20.6. The van der Waals surface area contributed by atoms with E-state index < -0.39 is 24.3 Å². The summed E-state index contributed by atoms with van der Waals surface area (Å²) in [5, 5.41) is 7.41. The number of carbonyl (C=O) groups is 4. The van der Waals surface area contributed by atoms with Gasteiger partial charge in [0.25, 0.3) is 0 Å². The minimum Gasteiger partial charge on any atom is -0.453 e. The zero-order valence-corrected chi connectivity index (χ0v) is 35.9. The van der Waals surface area contributed by atoms with Crippen LogP contribution in [0.1, 0.15) is 97.0 Å². The van der Waals surface area contributed by atoms with Gasteiger partial charge in [0.15, 0.2) is 0 Å². The number of likely N-dealkylation sites (tertiary alicyclic amines) is 1. The smallest absolute Gasteiger partial charge is 0.407 e. The number of H-pyrrole nitrogens is 2. The molecule has 0 bridgehead atoms. The van der Waals surface area contributed by atoms with Crippen molar-refractivity contribution in [2.45, 2.75) is 91.9 Å². The van der Waals surface area contributed by atoms with Crippen molar-refractivity contribution in [3.8, 4) is 34.2 Å². The lowest BCUT2D eigenvalue weighted by Crippen LogP contribution is -2.52. The van der Waals surface area contributed by atoms with E-state index in [9.17, 15) is 19.2 Å². The molecule has 0 radical (unpaired) electrons. The number of amides is 4. The fourth-order valence-corrected chi connectivity index (χ4v) is 8.00. The predicted octanol–water partition coefficient (Wildman–Crippen LogP) is 7.87. The Morgan fingerprint density at radius 3 is 2.28 bits per heavy atom. The molecule has 1 aliphatic heterocycles. The summed E-state index contributed by atoms with van der Waals surface area (Å²) in [4.78, 5) is 71.9. The number of benzene rings is 3. The van der Waals surface area contributed by atoms with Crippen LogP contribution in [-0.2, 0) is 19.1 Å². The summed E-state index contributed by atoms with van der Waals surface area (Å²) in [5.41, 5.74) is 6.22. The summed E-state index contributed by atoms with van der Waals surface area (Å²) in [7, 11) is 2.57. The summed E-state index contributed by atoms with van der Waals surface area (Å²) in [6, 6.07) is 14.5. The molecule has 5 aromatic rings. The van der Waals surface area contributed by atoms with Crippen molar-refractivity contribution in [3.63, 3.8) is 0 Å². The van der Waals surface area contributed by atoms with Crippen molar-refractivity contribution < 1.29 is 28.7 Å². The fraction of sp³-hybridized carbons (Fsp3) is 0.435. The highest BCUT2D eigenvalue weighted by atomic mass is 16.5. The van der Waals surface area contributed by atoms with Crippen molar-refractivity contribution in [2.75, 3.05) is 27.3 Å². The van der Waals surface area contributed by atoms with Crippen molar-refractivity contribution in [1.82, 2.24) is 40.4 Å². The van der Waals surface area contributed by atoms with Crippen LogP contribution in [0.3, 0.4) is 0 Å². The van der Waals surface area contributed by atoms with E-state index in [0.717, 1.165) is 74.8 Å². The lowest BCUT2D eigenvalue weighted by atomic mass is 9.95. The van der Waals surface area contributed by atoms with Crippen LogP contribution in [0.4, 0.5) is 9.59 Å². The second-order valence-electron chi connectivity index (χ2n) is 15.9. The maximum absolute atomic E-state index is 13.8. The molecule has 4 N–H and O–H groups in total. The molecule has 3 aromatic carbocycles. The summed E-state index contributed by atoms with van der Waals surface area (Å²) in [6.07, 6.45) is 2.82. The van der Waals surface area contributed by atoms with Gasteiger partial charge in [0.2, 0.25) is 11.8 Å². The number of methoxy groups -OCH3 is 2. The second kappa shape index (κ2) is 18.7. The topological polar surface area (TPSA) is 175 Å². The number of alkyl carbamates (subject to hydrolysis) is 2. The third-order valence-electron chi connectivity index (χ3n) is 11.2. The molecular formula is C46H56N8O6. The molecule has 3 heterocycles. The van der Waals surface area contributed by atoms with E-state index in [4.69, 9.17) is 19.4 Å². The van der Waals surface area contributed by atoms with Crippen molar-refractivity contribution in [1.29, 1.82) is 0 Å². The number of fused-ring (bicyclic) bond motifs is 3. The average molecular weight is 817 g/mol. The van der Waals surface area contributed by atoms with Gasteiger partial charge in [0.1, 0.15) is 23.7 Å². The minimum atomic E-state index is -0.747. The molecule has 316 valence electrons. The average Bonchev–Trinajstić information content (AvgIpc) is 4.03. The molecule has 1 saturated heterocycles. The minimum absolute atomic E-state index is 0.123. The number of hydrogen-bond donors (Lipinski definition) is 4. The molecule has 0 saturated carbocycles. The molecule has 0 aliphatic carbocycles. The van der Waals surface area contributed by atoms with Gasteiger partial charge in [-0.05, 0) is 79.7 Å². The van der Waals surface area contributed by atoms with Crippen LogP contribution in [-0.4, -0.2) is 93.1 Å². The van der Waals surface area contributed by atoms with Gasteiger partial charge < -0.3 is 39.9 Å². The summed E-state index contributed by atoms with van der Waals surface area (Å²) >= 11 is 0. The van der Waals surface area contributed by atoms with Crippen LogP contribution < -0.4 is 10.6 Å². The van der Waals surface area contributed by atoms with Crippen LogP contribution in [0.15, 0.2) is 54.7 Å². The Bertz CT molecular complexity index is 2440. The lowest BCUT2D eigenvalue weighted by Gasteiger charge is -2.33. The number of rotatable bonds is 13. The van der Waals surface area contributed by atoms with Gasteiger partial charge in [-0.25, -0.2) is 19.6 Å². The summed E-state index contributed by atoms with van der Waals surface area (Å²) in [5.74, 6) is 7.11. The highest BCUT2D eigenvalue weighted by molar-refractivity contribution is 6.05. The van der Waals surface area contributed by atoms with Crippen molar-refractivity contribution in [3.05, 3.63) is 71.9 Å².